The fraction of sp³-hybridized carbons (Fsp3) is 0.286. The van der Waals surface area contributed by atoms with E-state index < -0.39 is 23.2 Å². The van der Waals surface area contributed by atoms with Gasteiger partial charge in [-0.3, -0.25) is 4.79 Å². The first-order valence-electron chi connectivity index (χ1n) is 3.00. The Morgan fingerprint density at radius 3 is 2.73 bits per heavy atom. The van der Waals surface area contributed by atoms with Gasteiger partial charge in [-0.05, 0) is 23.8 Å². The molecular formula is C7H5ClF2O. The molecule has 0 amide bonds. The van der Waals surface area contributed by atoms with E-state index in [1.54, 1.807) is 0 Å². The lowest BCUT2D eigenvalue weighted by Gasteiger charge is -2.12. The monoisotopic (exact) mass is 178 g/mol. The van der Waals surface area contributed by atoms with Gasteiger partial charge in [-0.2, -0.15) is 0 Å². The molecule has 0 bridgehead atoms. The van der Waals surface area contributed by atoms with Crippen molar-refractivity contribution in [3.8, 4) is 0 Å². The molecule has 1 rings (SSSR count). The summed E-state index contributed by atoms with van der Waals surface area (Å²) in [4.78, 5) is 10.4. The van der Waals surface area contributed by atoms with Gasteiger partial charge < -0.3 is 0 Å². The highest BCUT2D eigenvalue weighted by Crippen LogP contribution is 2.22. The Balaban J connectivity index is 2.77. The summed E-state index contributed by atoms with van der Waals surface area (Å²) in [7, 11) is 0. The van der Waals surface area contributed by atoms with Gasteiger partial charge in [-0.1, -0.05) is 6.08 Å². The molecule has 0 N–H and O–H groups in total. The van der Waals surface area contributed by atoms with Crippen LogP contribution in [0.5, 0.6) is 0 Å². The van der Waals surface area contributed by atoms with Gasteiger partial charge in [0.25, 0.3) is 0 Å². The van der Waals surface area contributed by atoms with Crippen molar-refractivity contribution in [2.24, 2.45) is 5.92 Å². The summed E-state index contributed by atoms with van der Waals surface area (Å²) in [5, 5.41) is -0.808. The lowest BCUT2D eigenvalue weighted by molar-refractivity contribution is -0.114. The Bertz CT molecular complexity index is 235. The van der Waals surface area contributed by atoms with Gasteiger partial charge >= 0.3 is 0 Å². The van der Waals surface area contributed by atoms with Crippen molar-refractivity contribution in [1.29, 1.82) is 0 Å². The first-order valence-corrected chi connectivity index (χ1v) is 3.38. The average Bonchev–Trinajstić information content (AvgIpc) is 1.85. The van der Waals surface area contributed by atoms with E-state index in [0.717, 1.165) is 18.2 Å². The Kier molecular flexibility index (Phi) is 2.39. The highest BCUT2D eigenvalue weighted by molar-refractivity contribution is 6.64. The molecule has 1 aliphatic rings. The number of hydrogen-bond donors (Lipinski definition) is 0. The van der Waals surface area contributed by atoms with Gasteiger partial charge in [0, 0.05) is 0 Å². The minimum atomic E-state index is -1.63. The van der Waals surface area contributed by atoms with Gasteiger partial charge in [-0.25, -0.2) is 8.78 Å². The van der Waals surface area contributed by atoms with Crippen LogP contribution in [0.15, 0.2) is 24.1 Å². The Hall–Kier alpha value is -0.700. The molecule has 4 heteroatoms. The number of hydrogen-bond acceptors (Lipinski definition) is 1. The minimum absolute atomic E-state index is 0.674. The van der Waals surface area contributed by atoms with Crippen LogP contribution >= 0.6 is 11.6 Å². The quantitative estimate of drug-likeness (QED) is 0.563. The molecule has 0 radical (unpaired) electrons. The van der Waals surface area contributed by atoms with Crippen molar-refractivity contribution in [3.05, 3.63) is 24.1 Å². The summed E-state index contributed by atoms with van der Waals surface area (Å²) in [5.41, 5.74) is 0. The predicted octanol–water partition coefficient (Wildman–Crippen LogP) is 2.13. The van der Waals surface area contributed by atoms with E-state index in [4.69, 9.17) is 11.6 Å². The molecule has 2 unspecified atom stereocenters. The van der Waals surface area contributed by atoms with Gasteiger partial charge in [0.05, 0.1) is 5.92 Å². The maximum atomic E-state index is 12.7. The summed E-state index contributed by atoms with van der Waals surface area (Å²) in [6.07, 6.45) is 1.24. The standard InChI is InChI=1S/C7H5ClF2O/c8-7(11)5-2-1-4(9)3-6(5)10/h1-3,5-6H. The van der Waals surface area contributed by atoms with E-state index in [0.29, 0.717) is 0 Å². The van der Waals surface area contributed by atoms with Crippen LogP contribution in [-0.2, 0) is 4.79 Å². The van der Waals surface area contributed by atoms with E-state index >= 15 is 0 Å². The lowest BCUT2D eigenvalue weighted by Crippen LogP contribution is -2.19. The zero-order chi connectivity index (χ0) is 8.43. The fourth-order valence-corrected chi connectivity index (χ4v) is 1.01. The van der Waals surface area contributed by atoms with Gasteiger partial charge in [0.15, 0.2) is 0 Å². The second-order valence-electron chi connectivity index (χ2n) is 2.18. The third-order valence-electron chi connectivity index (χ3n) is 1.39. The third-order valence-corrected chi connectivity index (χ3v) is 1.64. The maximum absolute atomic E-state index is 12.7. The van der Waals surface area contributed by atoms with Crippen LogP contribution in [0, 0.1) is 5.92 Å². The topological polar surface area (TPSA) is 17.1 Å². The number of carbonyl (C=O) groups is 1. The van der Waals surface area contributed by atoms with E-state index in [1.165, 1.54) is 0 Å². The number of rotatable bonds is 1. The molecule has 0 spiro atoms. The zero-order valence-corrected chi connectivity index (χ0v) is 6.18. The summed E-state index contributed by atoms with van der Waals surface area (Å²) < 4.78 is 24.9. The molecule has 0 aromatic rings. The molecule has 0 aliphatic heterocycles. The first kappa shape index (κ1) is 8.40. The molecule has 0 saturated carbocycles. The van der Waals surface area contributed by atoms with Crippen LogP contribution in [0.2, 0.25) is 0 Å². The van der Waals surface area contributed by atoms with Crippen LogP contribution in [0.1, 0.15) is 0 Å². The number of alkyl halides is 1. The highest BCUT2D eigenvalue weighted by atomic mass is 35.5. The fourth-order valence-electron chi connectivity index (χ4n) is 0.814. The molecule has 0 aromatic carbocycles. The van der Waals surface area contributed by atoms with Gasteiger partial charge in [0.2, 0.25) is 5.24 Å². The number of allylic oxidation sites excluding steroid dienone is 4. The van der Waals surface area contributed by atoms with Crippen molar-refractivity contribution in [2.45, 2.75) is 6.17 Å². The van der Waals surface area contributed by atoms with Crippen molar-refractivity contribution < 1.29 is 13.6 Å². The second kappa shape index (κ2) is 3.13. The largest absolute Gasteiger partial charge is 0.281 e. The number of carbonyl (C=O) groups excluding carboxylic acids is 1. The summed E-state index contributed by atoms with van der Waals surface area (Å²) in [6, 6.07) is 0. The van der Waals surface area contributed by atoms with Crippen LogP contribution in [-0.4, -0.2) is 11.4 Å². The molecule has 2 atom stereocenters. The Morgan fingerprint density at radius 2 is 2.27 bits per heavy atom. The molecule has 0 saturated heterocycles. The zero-order valence-electron chi connectivity index (χ0n) is 5.43. The molecule has 0 aromatic heterocycles. The molecule has 0 fully saturated rings. The third kappa shape index (κ3) is 1.87. The molecule has 11 heavy (non-hydrogen) atoms. The second-order valence-corrected chi connectivity index (χ2v) is 2.56. The molecule has 1 aliphatic carbocycles. The van der Waals surface area contributed by atoms with E-state index in [2.05, 4.69) is 0 Å². The van der Waals surface area contributed by atoms with Crippen LogP contribution in [0.25, 0.3) is 0 Å². The average molecular weight is 179 g/mol. The summed E-state index contributed by atoms with van der Waals surface area (Å²) in [6.45, 7) is 0. The molecule has 60 valence electrons. The van der Waals surface area contributed by atoms with Crippen molar-refractivity contribution in [3.63, 3.8) is 0 Å². The predicted molar refractivity (Wildman–Crippen MR) is 37.6 cm³/mol. The van der Waals surface area contributed by atoms with Crippen molar-refractivity contribution in [2.75, 3.05) is 0 Å². The Morgan fingerprint density at radius 1 is 1.64 bits per heavy atom. The normalized spacial score (nSPS) is 29.9. The Labute approximate surface area is 67.3 Å². The van der Waals surface area contributed by atoms with Crippen molar-refractivity contribution in [1.82, 2.24) is 0 Å². The maximum Gasteiger partial charge on any atom is 0.231 e. The summed E-state index contributed by atoms with van der Waals surface area (Å²) >= 11 is 5.02. The van der Waals surface area contributed by atoms with Crippen LogP contribution in [0.4, 0.5) is 8.78 Å². The van der Waals surface area contributed by atoms with Crippen LogP contribution < -0.4 is 0 Å². The SMILES string of the molecule is O=C(Cl)C1C=CC(F)=CC1F. The molecular weight excluding hydrogens is 174 g/mol. The smallest absolute Gasteiger partial charge is 0.231 e. The molecule has 0 heterocycles. The first-order chi connectivity index (χ1) is 5.11. The molecule has 1 nitrogen and oxygen atoms in total. The van der Waals surface area contributed by atoms with E-state index in [1.807, 2.05) is 0 Å². The van der Waals surface area contributed by atoms with Crippen molar-refractivity contribution >= 4 is 16.8 Å². The lowest BCUT2D eigenvalue weighted by atomic mass is 10.0. The van der Waals surface area contributed by atoms with Crippen LogP contribution in [0.3, 0.4) is 0 Å². The van der Waals surface area contributed by atoms with E-state index in [9.17, 15) is 13.6 Å². The highest BCUT2D eigenvalue weighted by Gasteiger charge is 2.25. The van der Waals surface area contributed by atoms with Gasteiger partial charge in [-0.15, -0.1) is 0 Å². The van der Waals surface area contributed by atoms with E-state index in [-0.39, 0.29) is 0 Å². The number of halogens is 3. The minimum Gasteiger partial charge on any atom is -0.281 e. The summed E-state index contributed by atoms with van der Waals surface area (Å²) in [5.74, 6) is -1.71. The van der Waals surface area contributed by atoms with Gasteiger partial charge in [0.1, 0.15) is 12.0 Å².